The SMILES string of the molecule is Cc1cccc(Nc2nc(-c3ccc(NC(=O)C(Cl)Cl)cc3)cs2)c1. The lowest BCUT2D eigenvalue weighted by molar-refractivity contribution is -0.114. The first-order valence-electron chi connectivity index (χ1n) is 7.50. The quantitative estimate of drug-likeness (QED) is 0.556. The average molecular weight is 392 g/mol. The highest BCUT2D eigenvalue weighted by atomic mass is 35.5. The van der Waals surface area contributed by atoms with Crippen LogP contribution >= 0.6 is 34.5 Å². The molecular formula is C18H15Cl2N3OS. The van der Waals surface area contributed by atoms with E-state index in [4.69, 9.17) is 23.2 Å². The summed E-state index contributed by atoms with van der Waals surface area (Å²) < 4.78 is 0. The second-order valence-corrected chi connectivity index (χ2v) is 7.35. The van der Waals surface area contributed by atoms with Crippen LogP contribution in [0.25, 0.3) is 11.3 Å². The number of carbonyl (C=O) groups is 1. The van der Waals surface area contributed by atoms with E-state index in [9.17, 15) is 4.79 Å². The molecule has 1 amide bonds. The van der Waals surface area contributed by atoms with Gasteiger partial charge >= 0.3 is 0 Å². The van der Waals surface area contributed by atoms with E-state index in [1.165, 1.54) is 16.9 Å². The normalized spacial score (nSPS) is 10.7. The Labute approximate surface area is 159 Å². The van der Waals surface area contributed by atoms with Crippen molar-refractivity contribution in [3.63, 3.8) is 0 Å². The van der Waals surface area contributed by atoms with Crippen LogP contribution in [0.1, 0.15) is 5.56 Å². The summed E-state index contributed by atoms with van der Waals surface area (Å²) >= 11 is 12.6. The third-order valence-electron chi connectivity index (χ3n) is 3.42. The maximum Gasteiger partial charge on any atom is 0.257 e. The minimum absolute atomic E-state index is 0.450. The summed E-state index contributed by atoms with van der Waals surface area (Å²) in [5.74, 6) is -0.450. The molecule has 0 saturated heterocycles. The maximum atomic E-state index is 11.5. The number of nitrogens with one attached hydrogen (secondary N) is 2. The van der Waals surface area contributed by atoms with Crippen molar-refractivity contribution < 1.29 is 4.79 Å². The van der Waals surface area contributed by atoms with Gasteiger partial charge < -0.3 is 10.6 Å². The third kappa shape index (κ3) is 4.72. The Balaban J connectivity index is 1.70. The number of hydrogen-bond acceptors (Lipinski definition) is 4. The summed E-state index contributed by atoms with van der Waals surface area (Å²) in [7, 11) is 0. The van der Waals surface area contributed by atoms with Crippen molar-refractivity contribution in [3.8, 4) is 11.3 Å². The molecular weight excluding hydrogens is 377 g/mol. The molecule has 0 fully saturated rings. The summed E-state index contributed by atoms with van der Waals surface area (Å²) in [5, 5.41) is 8.75. The molecule has 1 heterocycles. The first-order valence-corrected chi connectivity index (χ1v) is 9.25. The summed E-state index contributed by atoms with van der Waals surface area (Å²) in [6.07, 6.45) is 0. The Morgan fingerprint density at radius 2 is 1.88 bits per heavy atom. The molecule has 0 aliphatic heterocycles. The van der Waals surface area contributed by atoms with Gasteiger partial charge in [0.1, 0.15) is 0 Å². The van der Waals surface area contributed by atoms with Crippen molar-refractivity contribution in [2.75, 3.05) is 10.6 Å². The van der Waals surface area contributed by atoms with E-state index in [1.54, 1.807) is 12.1 Å². The Morgan fingerprint density at radius 1 is 1.12 bits per heavy atom. The van der Waals surface area contributed by atoms with Crippen LogP contribution in [-0.4, -0.2) is 15.7 Å². The summed E-state index contributed by atoms with van der Waals surface area (Å²) in [4.78, 5) is 15.0. The van der Waals surface area contributed by atoms with Gasteiger partial charge in [-0.1, -0.05) is 47.5 Å². The molecule has 2 aromatic carbocycles. The number of anilines is 3. The van der Waals surface area contributed by atoms with Gasteiger partial charge in [0.25, 0.3) is 5.91 Å². The molecule has 25 heavy (non-hydrogen) atoms. The van der Waals surface area contributed by atoms with Crippen LogP contribution in [0.3, 0.4) is 0 Å². The standard InChI is InChI=1S/C18H15Cl2N3OS/c1-11-3-2-4-14(9-11)22-18-23-15(10-25-18)12-5-7-13(8-6-12)21-17(24)16(19)20/h2-10,16H,1H3,(H,21,24)(H,22,23). The number of alkyl halides is 2. The van der Waals surface area contributed by atoms with Crippen LogP contribution in [0.2, 0.25) is 0 Å². The largest absolute Gasteiger partial charge is 0.332 e. The zero-order valence-corrected chi connectivity index (χ0v) is 15.6. The fourth-order valence-corrected chi connectivity index (χ4v) is 3.08. The molecule has 0 spiro atoms. The summed E-state index contributed by atoms with van der Waals surface area (Å²) in [6, 6.07) is 15.5. The number of thiazole rings is 1. The lowest BCUT2D eigenvalue weighted by Gasteiger charge is -2.06. The molecule has 0 bridgehead atoms. The predicted molar refractivity (Wildman–Crippen MR) is 106 cm³/mol. The second kappa shape index (κ2) is 7.87. The number of aromatic nitrogens is 1. The highest BCUT2D eigenvalue weighted by Gasteiger charge is 2.11. The lowest BCUT2D eigenvalue weighted by Crippen LogP contribution is -2.18. The van der Waals surface area contributed by atoms with Crippen LogP contribution in [0.4, 0.5) is 16.5 Å². The number of aryl methyl sites for hydroxylation is 1. The zero-order chi connectivity index (χ0) is 17.8. The number of benzene rings is 2. The minimum Gasteiger partial charge on any atom is -0.332 e. The van der Waals surface area contributed by atoms with Gasteiger partial charge in [0, 0.05) is 22.3 Å². The Hall–Kier alpha value is -2.08. The minimum atomic E-state index is -1.09. The van der Waals surface area contributed by atoms with Crippen LogP contribution in [0.15, 0.2) is 53.9 Å². The second-order valence-electron chi connectivity index (χ2n) is 5.40. The van der Waals surface area contributed by atoms with Crippen LogP contribution in [0.5, 0.6) is 0 Å². The number of nitrogens with zero attached hydrogens (tertiary/aromatic N) is 1. The summed E-state index contributed by atoms with van der Waals surface area (Å²) in [5.41, 5.74) is 4.66. The van der Waals surface area contributed by atoms with Crippen molar-refractivity contribution >= 4 is 57.0 Å². The van der Waals surface area contributed by atoms with Crippen molar-refractivity contribution in [1.29, 1.82) is 0 Å². The number of hydrogen-bond donors (Lipinski definition) is 2. The first kappa shape index (κ1) is 17.7. The van der Waals surface area contributed by atoms with Crippen LogP contribution in [-0.2, 0) is 4.79 Å². The van der Waals surface area contributed by atoms with Gasteiger partial charge in [-0.05, 0) is 36.8 Å². The van der Waals surface area contributed by atoms with Crippen molar-refractivity contribution in [2.45, 2.75) is 11.8 Å². The third-order valence-corrected chi connectivity index (χ3v) is 4.57. The van der Waals surface area contributed by atoms with Crippen LogP contribution in [0, 0.1) is 6.92 Å². The molecule has 0 radical (unpaired) electrons. The Bertz CT molecular complexity index is 878. The van der Waals surface area contributed by atoms with Gasteiger partial charge in [0.05, 0.1) is 5.69 Å². The molecule has 1 aromatic heterocycles. The van der Waals surface area contributed by atoms with E-state index in [0.29, 0.717) is 5.69 Å². The molecule has 3 aromatic rings. The Kier molecular flexibility index (Phi) is 5.58. The van der Waals surface area contributed by atoms with Gasteiger partial charge in [0.2, 0.25) is 0 Å². The molecule has 0 atom stereocenters. The molecule has 0 unspecified atom stereocenters. The highest BCUT2D eigenvalue weighted by molar-refractivity contribution is 7.14. The average Bonchev–Trinajstić information content (AvgIpc) is 3.04. The van der Waals surface area contributed by atoms with Crippen molar-refractivity contribution in [3.05, 3.63) is 59.5 Å². The zero-order valence-electron chi connectivity index (χ0n) is 13.3. The molecule has 128 valence electrons. The van der Waals surface area contributed by atoms with E-state index in [0.717, 1.165) is 22.1 Å². The first-order chi connectivity index (χ1) is 12.0. The number of rotatable bonds is 5. The number of carbonyl (C=O) groups excluding carboxylic acids is 1. The van der Waals surface area contributed by atoms with Gasteiger partial charge in [-0.15, -0.1) is 11.3 Å². The van der Waals surface area contributed by atoms with E-state index in [2.05, 4.69) is 34.7 Å². The lowest BCUT2D eigenvalue weighted by atomic mass is 10.1. The van der Waals surface area contributed by atoms with E-state index in [-0.39, 0.29) is 0 Å². The van der Waals surface area contributed by atoms with E-state index in [1.807, 2.05) is 29.6 Å². The van der Waals surface area contributed by atoms with E-state index >= 15 is 0 Å². The monoisotopic (exact) mass is 391 g/mol. The molecule has 0 aliphatic rings. The molecule has 3 rings (SSSR count). The van der Waals surface area contributed by atoms with Gasteiger partial charge in [-0.3, -0.25) is 4.79 Å². The number of amides is 1. The molecule has 7 heteroatoms. The molecule has 0 saturated carbocycles. The number of halogens is 2. The van der Waals surface area contributed by atoms with Crippen molar-refractivity contribution in [1.82, 2.24) is 4.98 Å². The highest BCUT2D eigenvalue weighted by Crippen LogP contribution is 2.28. The topological polar surface area (TPSA) is 54.0 Å². The van der Waals surface area contributed by atoms with Crippen LogP contribution < -0.4 is 10.6 Å². The smallest absolute Gasteiger partial charge is 0.257 e. The maximum absolute atomic E-state index is 11.5. The van der Waals surface area contributed by atoms with Crippen molar-refractivity contribution in [2.24, 2.45) is 0 Å². The molecule has 0 aliphatic carbocycles. The summed E-state index contributed by atoms with van der Waals surface area (Å²) in [6.45, 7) is 2.05. The Morgan fingerprint density at radius 3 is 2.56 bits per heavy atom. The van der Waals surface area contributed by atoms with Gasteiger partial charge in [-0.2, -0.15) is 0 Å². The predicted octanol–water partition coefficient (Wildman–Crippen LogP) is 5.60. The fourth-order valence-electron chi connectivity index (χ4n) is 2.23. The van der Waals surface area contributed by atoms with Gasteiger partial charge in [0.15, 0.2) is 9.97 Å². The van der Waals surface area contributed by atoms with Gasteiger partial charge in [-0.25, -0.2) is 4.98 Å². The molecule has 2 N–H and O–H groups in total. The fraction of sp³-hybridized carbons (Fsp3) is 0.111. The van der Waals surface area contributed by atoms with E-state index < -0.39 is 10.7 Å². The molecule has 4 nitrogen and oxygen atoms in total.